The number of nitrogens with one attached hydrogen (secondary N) is 1. The summed E-state index contributed by atoms with van der Waals surface area (Å²) in [5.74, 6) is -1.41. The summed E-state index contributed by atoms with van der Waals surface area (Å²) in [5, 5.41) is 19.2. The van der Waals surface area contributed by atoms with Crippen LogP contribution < -0.4 is 5.32 Å². The predicted octanol–water partition coefficient (Wildman–Crippen LogP) is 1.64. The lowest BCUT2D eigenvalue weighted by atomic mass is 10.1. The molecule has 0 spiro atoms. The van der Waals surface area contributed by atoms with Gasteiger partial charge in [-0.1, -0.05) is 25.0 Å². The molecule has 7 nitrogen and oxygen atoms in total. The van der Waals surface area contributed by atoms with Crippen molar-refractivity contribution < 1.29 is 14.7 Å². The Morgan fingerprint density at radius 2 is 2.05 bits per heavy atom. The highest BCUT2D eigenvalue weighted by Gasteiger charge is 2.19. The number of benzene rings is 1. The van der Waals surface area contributed by atoms with Gasteiger partial charge < -0.3 is 10.4 Å². The van der Waals surface area contributed by atoms with Crippen LogP contribution in [-0.2, 0) is 4.79 Å². The summed E-state index contributed by atoms with van der Waals surface area (Å²) in [5.41, 5.74) is 1.18. The van der Waals surface area contributed by atoms with E-state index in [1.54, 1.807) is 41.3 Å². The van der Waals surface area contributed by atoms with E-state index >= 15 is 0 Å². The second kappa shape index (κ2) is 7.35. The van der Waals surface area contributed by atoms with E-state index in [2.05, 4.69) is 15.6 Å². The lowest BCUT2D eigenvalue weighted by Crippen LogP contribution is -2.40. The molecule has 0 radical (unpaired) electrons. The lowest BCUT2D eigenvalue weighted by Gasteiger charge is -2.14. The number of carbonyl (C=O) groups is 2. The van der Waals surface area contributed by atoms with Crippen LogP contribution in [0.5, 0.6) is 0 Å². The van der Waals surface area contributed by atoms with Gasteiger partial charge in [0.1, 0.15) is 6.04 Å². The van der Waals surface area contributed by atoms with Crippen LogP contribution in [0.1, 0.15) is 36.5 Å². The molecule has 1 atom stereocenters. The summed E-state index contributed by atoms with van der Waals surface area (Å²) < 4.78 is 1.57. The van der Waals surface area contributed by atoms with Crippen molar-refractivity contribution in [2.24, 2.45) is 0 Å². The average Bonchev–Trinajstić information content (AvgIpc) is 3.05. The molecule has 0 saturated heterocycles. The van der Waals surface area contributed by atoms with Crippen LogP contribution in [0, 0.1) is 0 Å². The van der Waals surface area contributed by atoms with Crippen LogP contribution in [0.2, 0.25) is 0 Å². The van der Waals surface area contributed by atoms with Gasteiger partial charge in [-0.05, 0) is 30.7 Å². The van der Waals surface area contributed by atoms with E-state index in [0.29, 0.717) is 12.0 Å². The Kier molecular flexibility index (Phi) is 5.24. The Labute approximate surface area is 128 Å². The standard InChI is InChI=1S/C15H18N4O3/c1-2-3-4-13(15(21)22)17-14(20)11-5-7-12(8-6-11)19-10-9-16-18-19/h5-10,13H,2-4H2,1H3,(H,17,20)(H,21,22)/t13-/m0/s1. The number of nitrogens with zero attached hydrogens (tertiary/aromatic N) is 3. The fourth-order valence-electron chi connectivity index (χ4n) is 2.02. The van der Waals surface area contributed by atoms with E-state index in [0.717, 1.165) is 18.5 Å². The van der Waals surface area contributed by atoms with Gasteiger partial charge in [0.2, 0.25) is 0 Å². The second-order valence-corrected chi connectivity index (χ2v) is 4.90. The molecule has 1 amide bonds. The smallest absolute Gasteiger partial charge is 0.326 e. The number of carbonyl (C=O) groups excluding carboxylic acids is 1. The van der Waals surface area contributed by atoms with Crippen LogP contribution >= 0.6 is 0 Å². The van der Waals surface area contributed by atoms with Gasteiger partial charge in [-0.15, -0.1) is 5.10 Å². The summed E-state index contributed by atoms with van der Waals surface area (Å²) in [6.45, 7) is 1.98. The SMILES string of the molecule is CCCC[C@H](NC(=O)c1ccc(-n2ccnn2)cc1)C(=O)O. The number of hydrogen-bond acceptors (Lipinski definition) is 4. The first-order chi connectivity index (χ1) is 10.6. The molecule has 0 aliphatic rings. The van der Waals surface area contributed by atoms with Gasteiger partial charge in [0.15, 0.2) is 0 Å². The van der Waals surface area contributed by atoms with Gasteiger partial charge in [0.05, 0.1) is 18.1 Å². The van der Waals surface area contributed by atoms with Gasteiger partial charge in [-0.2, -0.15) is 0 Å². The maximum Gasteiger partial charge on any atom is 0.326 e. The number of carboxylic acid groups (broad SMARTS) is 1. The summed E-state index contributed by atoms with van der Waals surface area (Å²) in [7, 11) is 0. The van der Waals surface area contributed by atoms with Crippen molar-refractivity contribution in [1.29, 1.82) is 0 Å². The first-order valence-electron chi connectivity index (χ1n) is 7.12. The first kappa shape index (κ1) is 15.7. The lowest BCUT2D eigenvalue weighted by molar-refractivity contribution is -0.139. The minimum absolute atomic E-state index is 0.395. The Balaban J connectivity index is 2.04. The Morgan fingerprint density at radius 3 is 2.59 bits per heavy atom. The van der Waals surface area contributed by atoms with Crippen molar-refractivity contribution >= 4 is 11.9 Å². The van der Waals surface area contributed by atoms with E-state index in [1.165, 1.54) is 0 Å². The summed E-state index contributed by atoms with van der Waals surface area (Å²) >= 11 is 0. The Hall–Kier alpha value is -2.70. The largest absolute Gasteiger partial charge is 0.480 e. The topological polar surface area (TPSA) is 97.1 Å². The van der Waals surface area contributed by atoms with Crippen molar-refractivity contribution in [3.05, 3.63) is 42.2 Å². The maximum atomic E-state index is 12.1. The zero-order valence-electron chi connectivity index (χ0n) is 12.3. The summed E-state index contributed by atoms with van der Waals surface area (Å²) in [4.78, 5) is 23.3. The van der Waals surface area contributed by atoms with E-state index in [1.807, 2.05) is 6.92 Å². The number of rotatable bonds is 7. The first-order valence-corrected chi connectivity index (χ1v) is 7.12. The van der Waals surface area contributed by atoms with Crippen molar-refractivity contribution in [3.8, 4) is 5.69 Å². The quantitative estimate of drug-likeness (QED) is 0.810. The van der Waals surface area contributed by atoms with Gasteiger partial charge >= 0.3 is 5.97 Å². The Bertz CT molecular complexity index is 623. The van der Waals surface area contributed by atoms with Gasteiger partial charge in [0.25, 0.3) is 5.91 Å². The number of hydrogen-bond donors (Lipinski definition) is 2. The molecule has 0 bridgehead atoms. The number of aliphatic carboxylic acids is 1. The molecule has 1 aromatic carbocycles. The highest BCUT2D eigenvalue weighted by Crippen LogP contribution is 2.09. The third-order valence-electron chi connectivity index (χ3n) is 3.27. The Morgan fingerprint density at radius 1 is 1.32 bits per heavy atom. The fourth-order valence-corrected chi connectivity index (χ4v) is 2.02. The van der Waals surface area contributed by atoms with Crippen LogP contribution in [-0.4, -0.2) is 38.0 Å². The van der Waals surface area contributed by atoms with E-state index in [9.17, 15) is 9.59 Å². The molecule has 2 rings (SSSR count). The normalized spacial score (nSPS) is 11.9. The fraction of sp³-hybridized carbons (Fsp3) is 0.333. The maximum absolute atomic E-state index is 12.1. The summed E-state index contributed by atoms with van der Waals surface area (Å²) in [6.07, 6.45) is 5.31. The van der Waals surface area contributed by atoms with Crippen molar-refractivity contribution in [2.45, 2.75) is 32.2 Å². The molecule has 1 aromatic heterocycles. The molecule has 2 aromatic rings. The molecule has 116 valence electrons. The zero-order chi connectivity index (χ0) is 15.9. The molecule has 7 heteroatoms. The van der Waals surface area contributed by atoms with E-state index < -0.39 is 17.9 Å². The van der Waals surface area contributed by atoms with E-state index in [4.69, 9.17) is 5.11 Å². The minimum Gasteiger partial charge on any atom is -0.480 e. The minimum atomic E-state index is -1.01. The summed E-state index contributed by atoms with van der Waals surface area (Å²) in [6, 6.07) is 5.86. The van der Waals surface area contributed by atoms with Gasteiger partial charge in [-0.3, -0.25) is 4.79 Å². The molecule has 0 fully saturated rings. The molecule has 22 heavy (non-hydrogen) atoms. The van der Waals surface area contributed by atoms with Crippen molar-refractivity contribution in [1.82, 2.24) is 20.3 Å². The molecule has 2 N–H and O–H groups in total. The highest BCUT2D eigenvalue weighted by atomic mass is 16.4. The number of amides is 1. The second-order valence-electron chi connectivity index (χ2n) is 4.90. The average molecular weight is 302 g/mol. The monoisotopic (exact) mass is 302 g/mol. The zero-order valence-corrected chi connectivity index (χ0v) is 12.3. The molecule has 0 unspecified atom stereocenters. The molecule has 0 aliphatic heterocycles. The van der Waals surface area contributed by atoms with Crippen LogP contribution in [0.3, 0.4) is 0 Å². The van der Waals surface area contributed by atoms with Crippen LogP contribution in [0.25, 0.3) is 5.69 Å². The molecular weight excluding hydrogens is 284 g/mol. The van der Waals surface area contributed by atoms with Gasteiger partial charge in [0, 0.05) is 5.56 Å². The molecule has 1 heterocycles. The highest BCUT2D eigenvalue weighted by molar-refractivity contribution is 5.96. The van der Waals surface area contributed by atoms with E-state index in [-0.39, 0.29) is 0 Å². The number of aromatic nitrogens is 3. The molecular formula is C15H18N4O3. The third-order valence-corrected chi connectivity index (χ3v) is 3.27. The predicted molar refractivity (Wildman–Crippen MR) is 79.8 cm³/mol. The van der Waals surface area contributed by atoms with Crippen LogP contribution in [0.15, 0.2) is 36.7 Å². The molecule has 0 saturated carbocycles. The van der Waals surface area contributed by atoms with Crippen molar-refractivity contribution in [3.63, 3.8) is 0 Å². The number of carboxylic acids is 1. The third kappa shape index (κ3) is 3.91. The van der Waals surface area contributed by atoms with Crippen LogP contribution in [0.4, 0.5) is 0 Å². The molecule has 0 aliphatic carbocycles. The van der Waals surface area contributed by atoms with Gasteiger partial charge in [-0.25, -0.2) is 9.48 Å². The van der Waals surface area contributed by atoms with Crippen molar-refractivity contribution in [2.75, 3.05) is 0 Å². The number of unbranched alkanes of at least 4 members (excludes halogenated alkanes) is 1.